The van der Waals surface area contributed by atoms with Crippen LogP contribution in [0.2, 0.25) is 0 Å². The van der Waals surface area contributed by atoms with Gasteiger partial charge in [0, 0.05) is 9.93 Å². The number of thioether (sulfide) groups is 1. The zero-order valence-electron chi connectivity index (χ0n) is 12.9. The third-order valence-corrected chi connectivity index (χ3v) is 5.23. The molecule has 0 saturated heterocycles. The molecular weight excluding hydrogens is 304 g/mol. The summed E-state index contributed by atoms with van der Waals surface area (Å²) in [5, 5.41) is 0.701. The quantitative estimate of drug-likeness (QED) is 0.573. The maximum Gasteiger partial charge on any atom is 0.310 e. The second-order valence-electron chi connectivity index (χ2n) is 5.82. The van der Waals surface area contributed by atoms with Crippen LogP contribution in [0.25, 0.3) is 5.03 Å². The molecule has 1 fully saturated rings. The maximum absolute atomic E-state index is 11.9. The van der Waals surface area contributed by atoms with E-state index in [1.54, 1.807) is 11.8 Å². The van der Waals surface area contributed by atoms with Gasteiger partial charge in [0.1, 0.15) is 0 Å². The van der Waals surface area contributed by atoms with E-state index in [0.717, 1.165) is 5.56 Å². The second-order valence-corrected chi connectivity index (χ2v) is 7.11. The summed E-state index contributed by atoms with van der Waals surface area (Å²) in [7, 11) is 0. The van der Waals surface area contributed by atoms with E-state index in [-0.39, 0.29) is 23.2 Å². The molecule has 0 spiro atoms. The average molecular weight is 325 g/mol. The minimum Gasteiger partial charge on any atom is -0.466 e. The monoisotopic (exact) mass is 324 g/mol. The van der Waals surface area contributed by atoms with E-state index >= 15 is 0 Å². The first-order valence-electron chi connectivity index (χ1n) is 7.10. The number of benzene rings is 1. The summed E-state index contributed by atoms with van der Waals surface area (Å²) in [5.74, 6) is -0.0631. The van der Waals surface area contributed by atoms with Crippen molar-refractivity contribution in [1.29, 1.82) is 0 Å². The maximum atomic E-state index is 11.9. The summed E-state index contributed by atoms with van der Waals surface area (Å²) in [6.45, 7) is 6.41. The molecule has 1 saturated carbocycles. The van der Waals surface area contributed by atoms with Gasteiger partial charge in [-0.2, -0.15) is 0 Å². The molecule has 2 atom stereocenters. The average Bonchev–Trinajstić information content (AvgIpc) is 3.00. The molecule has 2 nitrogen and oxygen atoms in total. The largest absolute Gasteiger partial charge is 0.466 e. The zero-order valence-corrected chi connectivity index (χ0v) is 14.4. The molecule has 1 aliphatic carbocycles. The highest BCUT2D eigenvalue weighted by Crippen LogP contribution is 2.60. The van der Waals surface area contributed by atoms with Crippen LogP contribution in [0.4, 0.5) is 0 Å². The Morgan fingerprint density at radius 3 is 2.52 bits per heavy atom. The fourth-order valence-corrected chi connectivity index (χ4v) is 3.35. The number of rotatable bonds is 5. The van der Waals surface area contributed by atoms with Gasteiger partial charge in [0.05, 0.1) is 12.5 Å². The number of ether oxygens (including phenoxy) is 1. The van der Waals surface area contributed by atoms with Crippen molar-refractivity contribution in [2.75, 3.05) is 12.9 Å². The Morgan fingerprint density at radius 1 is 1.38 bits per heavy atom. The van der Waals surface area contributed by atoms with Gasteiger partial charge in [-0.05, 0) is 42.2 Å². The lowest BCUT2D eigenvalue weighted by molar-refractivity contribution is -0.145. The molecular formula is C17H21ClO2S. The lowest BCUT2D eigenvalue weighted by Gasteiger charge is -2.02. The smallest absolute Gasteiger partial charge is 0.310 e. The van der Waals surface area contributed by atoms with Crippen LogP contribution in [0.3, 0.4) is 0 Å². The van der Waals surface area contributed by atoms with Gasteiger partial charge in [-0.3, -0.25) is 4.79 Å². The van der Waals surface area contributed by atoms with Crippen LogP contribution in [0.1, 0.15) is 26.3 Å². The van der Waals surface area contributed by atoms with E-state index in [2.05, 4.69) is 26.0 Å². The molecule has 0 heterocycles. The van der Waals surface area contributed by atoms with Gasteiger partial charge in [-0.1, -0.05) is 43.7 Å². The highest BCUT2D eigenvalue weighted by Gasteiger charge is 2.61. The summed E-state index contributed by atoms with van der Waals surface area (Å²) < 4.78 is 5.14. The summed E-state index contributed by atoms with van der Waals surface area (Å²) in [5.41, 5.74) is 0.908. The molecule has 4 heteroatoms. The molecule has 1 aromatic carbocycles. The van der Waals surface area contributed by atoms with Crippen LogP contribution in [-0.4, -0.2) is 18.8 Å². The predicted octanol–water partition coefficient (Wildman–Crippen LogP) is 4.82. The lowest BCUT2D eigenvalue weighted by Crippen LogP contribution is -2.10. The Kier molecular flexibility index (Phi) is 5.05. The number of carbonyl (C=O) groups is 1. The number of hydrogen-bond acceptors (Lipinski definition) is 3. The van der Waals surface area contributed by atoms with Gasteiger partial charge in [0.25, 0.3) is 0 Å². The topological polar surface area (TPSA) is 26.3 Å². The van der Waals surface area contributed by atoms with Crippen molar-refractivity contribution in [3.63, 3.8) is 0 Å². The number of carbonyl (C=O) groups excluding carboxylic acids is 1. The summed E-state index contributed by atoms with van der Waals surface area (Å²) in [6.07, 6.45) is 4.04. The Morgan fingerprint density at radius 2 is 2.00 bits per heavy atom. The lowest BCUT2D eigenvalue weighted by atomic mass is 10.1. The van der Waals surface area contributed by atoms with Gasteiger partial charge >= 0.3 is 5.97 Å². The standard InChI is InChI=1S/C17H21ClO2S/c1-5-20-16(19)15-13(17(15,2)3)10-14(18)11-6-8-12(21-4)9-7-11/h6-10,13,15H,5H2,1-4H3. The van der Waals surface area contributed by atoms with Gasteiger partial charge in [-0.25, -0.2) is 0 Å². The Labute approximate surface area is 135 Å². The first-order chi connectivity index (χ1) is 9.91. The highest BCUT2D eigenvalue weighted by molar-refractivity contribution is 7.98. The fraction of sp³-hybridized carbons (Fsp3) is 0.471. The van der Waals surface area contributed by atoms with Crippen molar-refractivity contribution in [1.82, 2.24) is 0 Å². The molecule has 0 aromatic heterocycles. The van der Waals surface area contributed by atoms with E-state index in [1.165, 1.54) is 4.90 Å². The molecule has 2 rings (SSSR count). The van der Waals surface area contributed by atoms with E-state index < -0.39 is 0 Å². The Bertz CT molecular complexity index is 548. The van der Waals surface area contributed by atoms with Crippen LogP contribution in [-0.2, 0) is 9.53 Å². The number of esters is 1. The van der Waals surface area contributed by atoms with Crippen molar-refractivity contribution in [2.45, 2.75) is 25.7 Å². The number of allylic oxidation sites excluding steroid dienone is 1. The third kappa shape index (κ3) is 3.46. The number of hydrogen-bond donors (Lipinski definition) is 0. The van der Waals surface area contributed by atoms with Crippen LogP contribution in [0.5, 0.6) is 0 Å². The van der Waals surface area contributed by atoms with Crippen LogP contribution in [0, 0.1) is 17.3 Å². The van der Waals surface area contributed by atoms with E-state index in [4.69, 9.17) is 16.3 Å². The minimum absolute atomic E-state index is 0.0778. The van der Waals surface area contributed by atoms with Crippen LogP contribution >= 0.6 is 23.4 Å². The molecule has 114 valence electrons. The molecule has 0 bridgehead atoms. The van der Waals surface area contributed by atoms with Gasteiger partial charge < -0.3 is 4.74 Å². The third-order valence-electron chi connectivity index (χ3n) is 4.14. The second kappa shape index (κ2) is 6.45. The zero-order chi connectivity index (χ0) is 15.6. The SMILES string of the molecule is CCOC(=O)C1C(C=C(Cl)c2ccc(SC)cc2)C1(C)C. The first-order valence-corrected chi connectivity index (χ1v) is 8.70. The van der Waals surface area contributed by atoms with Gasteiger partial charge in [0.2, 0.25) is 0 Å². The molecule has 1 aliphatic rings. The van der Waals surface area contributed by atoms with Crippen molar-refractivity contribution < 1.29 is 9.53 Å². The summed E-state index contributed by atoms with van der Waals surface area (Å²) >= 11 is 8.11. The summed E-state index contributed by atoms with van der Waals surface area (Å²) in [4.78, 5) is 13.1. The molecule has 21 heavy (non-hydrogen) atoms. The summed E-state index contributed by atoms with van der Waals surface area (Å²) in [6, 6.07) is 8.13. The van der Waals surface area contributed by atoms with Crippen LogP contribution < -0.4 is 0 Å². The molecule has 0 radical (unpaired) electrons. The van der Waals surface area contributed by atoms with Crippen molar-refractivity contribution in [3.8, 4) is 0 Å². The Hall–Kier alpha value is -0.930. The van der Waals surface area contributed by atoms with Crippen molar-refractivity contribution >= 4 is 34.4 Å². The van der Waals surface area contributed by atoms with Gasteiger partial charge in [-0.15, -0.1) is 11.8 Å². The van der Waals surface area contributed by atoms with Gasteiger partial charge in [0.15, 0.2) is 0 Å². The van der Waals surface area contributed by atoms with Crippen molar-refractivity contribution in [3.05, 3.63) is 35.9 Å². The van der Waals surface area contributed by atoms with Crippen LogP contribution in [0.15, 0.2) is 35.2 Å². The predicted molar refractivity (Wildman–Crippen MR) is 89.4 cm³/mol. The molecule has 1 aromatic rings. The first kappa shape index (κ1) is 16.4. The van der Waals surface area contributed by atoms with E-state index in [0.29, 0.717) is 11.6 Å². The fourth-order valence-electron chi connectivity index (χ4n) is 2.68. The molecule has 0 aliphatic heterocycles. The highest BCUT2D eigenvalue weighted by atomic mass is 35.5. The molecule has 0 N–H and O–H groups in total. The van der Waals surface area contributed by atoms with E-state index in [9.17, 15) is 4.79 Å². The number of halogens is 1. The minimum atomic E-state index is -0.119. The Balaban J connectivity index is 2.13. The van der Waals surface area contributed by atoms with Crippen molar-refractivity contribution in [2.24, 2.45) is 17.3 Å². The molecule has 2 unspecified atom stereocenters. The molecule has 0 amide bonds. The van der Waals surface area contributed by atoms with E-state index in [1.807, 2.05) is 31.4 Å². The normalized spacial score (nSPS) is 23.8.